The van der Waals surface area contributed by atoms with E-state index in [0.717, 1.165) is 32.7 Å². The van der Waals surface area contributed by atoms with Gasteiger partial charge in [-0.05, 0) is 19.6 Å². The molecule has 0 heterocycles. The van der Waals surface area contributed by atoms with Gasteiger partial charge in [0, 0.05) is 0 Å². The molecule has 0 bridgehead atoms. The molecule has 0 aliphatic rings. The Balaban J connectivity index is 0. The molecule has 0 aromatic heterocycles. The van der Waals surface area contributed by atoms with Crippen molar-refractivity contribution in [3.05, 3.63) is 15.7 Å². The quantitative estimate of drug-likeness (QED) is 0.355. The van der Waals surface area contributed by atoms with Gasteiger partial charge in [-0.15, -0.1) is 19.6 Å². The second-order valence-corrected chi connectivity index (χ2v) is 20.7. The van der Waals surface area contributed by atoms with Crippen molar-refractivity contribution < 1.29 is 17.6 Å². The first-order chi connectivity index (χ1) is 9.55. The minimum atomic E-state index is -1.27. The third kappa shape index (κ3) is 24.0. The van der Waals surface area contributed by atoms with Gasteiger partial charge < -0.3 is 20.6 Å². The van der Waals surface area contributed by atoms with Gasteiger partial charge in [0.1, 0.15) is 0 Å². The van der Waals surface area contributed by atoms with Gasteiger partial charge in [0.25, 0.3) is 0 Å². The van der Waals surface area contributed by atoms with Crippen LogP contribution in [0.15, 0.2) is 0 Å². The van der Waals surface area contributed by atoms with Crippen molar-refractivity contribution in [1.29, 1.82) is 0 Å². The molecular weight excluding hydrogens is 508 g/mol. The van der Waals surface area contributed by atoms with Gasteiger partial charge in [-0.25, -0.2) is 0 Å². The first-order valence-electron chi connectivity index (χ1n) is 7.22. The van der Waals surface area contributed by atoms with Gasteiger partial charge in [0.15, 0.2) is 0 Å². The summed E-state index contributed by atoms with van der Waals surface area (Å²) in [6, 6.07) is 0. The van der Waals surface area contributed by atoms with Crippen molar-refractivity contribution in [2.75, 3.05) is 39.3 Å². The summed E-state index contributed by atoms with van der Waals surface area (Å²) in [5.74, 6) is 0. The molecule has 21 heavy (non-hydrogen) atoms. The molecular formula is C12H31Cl2N4Si2Ta-3. The predicted octanol–water partition coefficient (Wildman–Crippen LogP) is 5.13. The third-order valence-electron chi connectivity index (χ3n) is 2.43. The summed E-state index contributed by atoms with van der Waals surface area (Å²) in [5, 5.41) is 0. The molecule has 0 saturated carbocycles. The maximum atomic E-state index is 7.36. The monoisotopic (exact) mass is 538 g/mol. The van der Waals surface area contributed by atoms with E-state index in [4.69, 9.17) is 34.1 Å². The normalized spacial score (nSPS) is 12.1. The third-order valence-corrected chi connectivity index (χ3v) is 4.78. The molecule has 0 saturated heterocycles. The zero-order valence-electron chi connectivity index (χ0n) is 14.3. The van der Waals surface area contributed by atoms with E-state index in [-0.39, 0.29) is 0 Å². The molecule has 9 heteroatoms. The molecule has 0 atom stereocenters. The van der Waals surface area contributed by atoms with Gasteiger partial charge >= 0.3 is 36.0 Å². The van der Waals surface area contributed by atoms with Gasteiger partial charge in [0.2, 0.25) is 0 Å². The molecule has 1 N–H and O–H groups in total. The molecule has 0 amide bonds. The Morgan fingerprint density at radius 2 is 1.19 bits per heavy atom. The van der Waals surface area contributed by atoms with Crippen molar-refractivity contribution >= 4 is 34.8 Å². The molecule has 0 aromatic rings. The zero-order valence-corrected chi connectivity index (χ0v) is 21.0. The first-order valence-corrected chi connectivity index (χ1v) is 22.1. The fraction of sp³-hybridized carbons (Fsp3) is 1.00. The Labute approximate surface area is 151 Å². The summed E-state index contributed by atoms with van der Waals surface area (Å²) >= 11 is -0.889. The molecule has 129 valence electrons. The number of nitrogens with zero attached hydrogens (tertiary/aromatic N) is 3. The fourth-order valence-electron chi connectivity index (χ4n) is 1.55. The molecule has 0 rings (SSSR count). The predicted molar refractivity (Wildman–Crippen MR) is 100 cm³/mol. The van der Waals surface area contributed by atoms with Crippen LogP contribution < -0.4 is 0 Å². The topological polar surface area (TPSA) is 55.2 Å². The molecule has 0 aliphatic heterocycles. The van der Waals surface area contributed by atoms with E-state index in [2.05, 4.69) is 44.2 Å². The van der Waals surface area contributed by atoms with Crippen LogP contribution in [0.25, 0.3) is 15.7 Å². The molecule has 0 radical (unpaired) electrons. The molecule has 0 aliphatic carbocycles. The number of hydrogen-bond acceptors (Lipinski definition) is 1. The van der Waals surface area contributed by atoms with E-state index in [1.54, 1.807) is 0 Å². The van der Waals surface area contributed by atoms with E-state index in [0.29, 0.717) is 6.54 Å². The van der Waals surface area contributed by atoms with Crippen LogP contribution in [-0.2, 0) is 17.6 Å². The summed E-state index contributed by atoms with van der Waals surface area (Å²) in [6.07, 6.45) is 0. The van der Waals surface area contributed by atoms with Crippen molar-refractivity contribution in [1.82, 2.24) is 4.90 Å². The summed E-state index contributed by atoms with van der Waals surface area (Å²) in [7, 11) is 7.34. The van der Waals surface area contributed by atoms with E-state index < -0.39 is 34.1 Å². The molecule has 0 fully saturated rings. The van der Waals surface area contributed by atoms with Crippen LogP contribution in [0, 0.1) is 0 Å². The van der Waals surface area contributed by atoms with Gasteiger partial charge in [-0.2, -0.15) is 0 Å². The van der Waals surface area contributed by atoms with Crippen LogP contribution in [0.4, 0.5) is 0 Å². The summed E-state index contributed by atoms with van der Waals surface area (Å²) in [6.45, 7) is 18.7. The van der Waals surface area contributed by atoms with Crippen molar-refractivity contribution in [3.63, 3.8) is 0 Å². The van der Waals surface area contributed by atoms with Crippen LogP contribution >= 0.6 is 18.4 Å². The van der Waals surface area contributed by atoms with E-state index in [9.17, 15) is 0 Å². The van der Waals surface area contributed by atoms with Crippen molar-refractivity contribution in [3.8, 4) is 0 Å². The van der Waals surface area contributed by atoms with E-state index in [1.807, 2.05) is 0 Å². The molecule has 4 nitrogen and oxygen atoms in total. The van der Waals surface area contributed by atoms with Gasteiger partial charge in [-0.3, -0.25) is 0 Å². The molecule has 0 aromatic carbocycles. The van der Waals surface area contributed by atoms with Gasteiger partial charge in [-0.1, -0.05) is 55.8 Å². The maximum absolute atomic E-state index is 7.36. The van der Waals surface area contributed by atoms with Crippen molar-refractivity contribution in [2.45, 2.75) is 39.3 Å². The van der Waals surface area contributed by atoms with Crippen LogP contribution in [0.3, 0.4) is 0 Å². The number of nitrogens with one attached hydrogen (secondary N) is 1. The fourth-order valence-corrected chi connectivity index (χ4v) is 3.09. The summed E-state index contributed by atoms with van der Waals surface area (Å²) in [5.41, 5.74) is 7.36. The summed E-state index contributed by atoms with van der Waals surface area (Å²) in [4.78, 5) is 11.8. The Hall–Kier alpha value is 1.59. The number of halogens is 2. The van der Waals surface area contributed by atoms with Crippen LogP contribution in [0.5, 0.6) is 0 Å². The Morgan fingerprint density at radius 3 is 1.43 bits per heavy atom. The van der Waals surface area contributed by atoms with Crippen LogP contribution in [-0.4, -0.2) is 60.6 Å². The second-order valence-electron chi connectivity index (χ2n) is 6.76. The minimum absolute atomic E-state index is 0.472. The van der Waals surface area contributed by atoms with Crippen LogP contribution in [0.1, 0.15) is 0 Å². The number of rotatable bonds is 10. The molecule has 0 spiro atoms. The Kier molecular flexibility index (Phi) is 16.5. The van der Waals surface area contributed by atoms with Crippen molar-refractivity contribution in [2.24, 2.45) is 0 Å². The van der Waals surface area contributed by atoms with E-state index in [1.165, 1.54) is 0 Å². The SMILES string of the molecule is C[Si](C)(C)[N-]CCN(CC[NH-])CC[N-][Si](C)(C)C.[Cl][Ta][Cl]. The number of hydrogen-bond donors (Lipinski definition) is 0. The first kappa shape index (κ1) is 24.8. The van der Waals surface area contributed by atoms with Gasteiger partial charge in [0.05, 0.1) is 0 Å². The Morgan fingerprint density at radius 1 is 0.857 bits per heavy atom. The average Bonchev–Trinajstić information content (AvgIpc) is 2.26. The Bertz CT molecular complexity index is 218. The van der Waals surface area contributed by atoms with E-state index >= 15 is 0 Å². The standard InChI is InChI=1S/C12H31N4Si2.2ClH.Ta/c1-17(2,3)14-8-11-16(10-7-13)12-9-15-18(4,5)6;;;/h13H,7-12H2,1-6H3;2*1H;/q-3;;;+2/p-2. The second kappa shape index (κ2) is 14.0. The average molecular weight is 539 g/mol. The summed E-state index contributed by atoms with van der Waals surface area (Å²) < 4.78 is 0. The van der Waals surface area contributed by atoms with Crippen LogP contribution in [0.2, 0.25) is 39.3 Å². The zero-order chi connectivity index (χ0) is 16.9. The molecule has 0 unspecified atom stereocenters.